The third-order valence-electron chi connectivity index (χ3n) is 2.60. The van der Waals surface area contributed by atoms with Crippen LogP contribution < -0.4 is 0 Å². The molecule has 0 radical (unpaired) electrons. The first kappa shape index (κ1) is 13.0. The van der Waals surface area contributed by atoms with Gasteiger partial charge in [-0.2, -0.15) is 0 Å². The first-order chi connectivity index (χ1) is 6.44. The number of aliphatic imine (C=N–C) groups is 1. The Balaban J connectivity index is 4.61. The predicted molar refractivity (Wildman–Crippen MR) is 64.4 cm³/mol. The normalized spacial score (nSPS) is 14.0. The summed E-state index contributed by atoms with van der Waals surface area (Å²) in [4.78, 5) is 4.21. The van der Waals surface area contributed by atoms with Gasteiger partial charge in [0.1, 0.15) is 0 Å². The van der Waals surface area contributed by atoms with E-state index >= 15 is 0 Å². The summed E-state index contributed by atoms with van der Waals surface area (Å²) in [6.07, 6.45) is 9.48. The van der Waals surface area contributed by atoms with E-state index in [1.165, 1.54) is 18.4 Å². The first-order valence-electron chi connectivity index (χ1n) is 5.12. The van der Waals surface area contributed by atoms with Crippen molar-refractivity contribution in [3.8, 4) is 12.3 Å². The van der Waals surface area contributed by atoms with Crippen LogP contribution in [0, 0.1) is 17.8 Å². The summed E-state index contributed by atoms with van der Waals surface area (Å²) >= 11 is 0. The molecule has 0 saturated carbocycles. The molecule has 0 aromatic rings. The number of nitrogens with zero attached hydrogens (tertiary/aromatic N) is 1. The number of hydrogen-bond donors (Lipinski definition) is 0. The van der Waals surface area contributed by atoms with Crippen LogP contribution in [0.3, 0.4) is 0 Å². The van der Waals surface area contributed by atoms with E-state index in [4.69, 9.17) is 6.42 Å². The fourth-order valence-corrected chi connectivity index (χ4v) is 1.23. The van der Waals surface area contributed by atoms with Crippen LogP contribution in [-0.2, 0) is 0 Å². The molecule has 0 aromatic heterocycles. The molecular weight excluding hydrogens is 170 g/mol. The lowest BCUT2D eigenvalue weighted by atomic mass is 9.81. The van der Waals surface area contributed by atoms with Crippen molar-refractivity contribution in [1.82, 2.24) is 0 Å². The molecule has 78 valence electrons. The molecule has 0 rings (SSSR count). The van der Waals surface area contributed by atoms with E-state index < -0.39 is 0 Å². The van der Waals surface area contributed by atoms with Crippen LogP contribution in [-0.4, -0.2) is 5.71 Å². The number of terminal acetylenes is 1. The van der Waals surface area contributed by atoms with Gasteiger partial charge >= 0.3 is 0 Å². The van der Waals surface area contributed by atoms with E-state index in [1.807, 2.05) is 13.1 Å². The summed E-state index contributed by atoms with van der Waals surface area (Å²) in [5, 5.41) is 0. The molecule has 0 fully saturated rings. The molecule has 0 N–H and O–H groups in total. The van der Waals surface area contributed by atoms with Crippen molar-refractivity contribution in [2.45, 2.75) is 47.5 Å². The maximum atomic E-state index is 5.22. The van der Waals surface area contributed by atoms with Gasteiger partial charge in [0.05, 0.1) is 5.71 Å². The van der Waals surface area contributed by atoms with E-state index in [9.17, 15) is 0 Å². The summed E-state index contributed by atoms with van der Waals surface area (Å²) in [6.45, 7) is 10.6. The standard InChI is InChI=1S/C13H21N/c1-7-9-13(5,6)11(3)10-14-12(4)8-2/h2,10H,7,9H2,1,3-6H3/b11-10+,14-12?. The van der Waals surface area contributed by atoms with Crippen molar-refractivity contribution in [1.29, 1.82) is 0 Å². The minimum atomic E-state index is 0.229. The van der Waals surface area contributed by atoms with Crippen LogP contribution in [0.2, 0.25) is 0 Å². The summed E-state index contributed by atoms with van der Waals surface area (Å²) < 4.78 is 0. The molecule has 0 aliphatic heterocycles. The Bertz CT molecular complexity index is 274. The maximum absolute atomic E-state index is 5.22. The van der Waals surface area contributed by atoms with E-state index in [0.717, 1.165) is 5.71 Å². The average Bonchev–Trinajstić information content (AvgIpc) is 2.13. The zero-order chi connectivity index (χ0) is 11.2. The molecule has 14 heavy (non-hydrogen) atoms. The van der Waals surface area contributed by atoms with Gasteiger partial charge in [-0.25, -0.2) is 0 Å². The molecule has 1 nitrogen and oxygen atoms in total. The second-order valence-corrected chi connectivity index (χ2v) is 4.30. The van der Waals surface area contributed by atoms with Gasteiger partial charge in [0.2, 0.25) is 0 Å². The third kappa shape index (κ3) is 4.28. The zero-order valence-corrected chi connectivity index (χ0v) is 10.0. The van der Waals surface area contributed by atoms with Crippen molar-refractivity contribution in [3.63, 3.8) is 0 Å². The number of rotatable bonds is 4. The van der Waals surface area contributed by atoms with Crippen molar-refractivity contribution in [2.75, 3.05) is 0 Å². The highest BCUT2D eigenvalue weighted by atomic mass is 14.7. The fraction of sp³-hybridized carbons (Fsp3) is 0.615. The molecule has 0 spiro atoms. The van der Waals surface area contributed by atoms with Crippen LogP contribution in [0.4, 0.5) is 0 Å². The van der Waals surface area contributed by atoms with Crippen LogP contribution in [0.15, 0.2) is 16.8 Å². The highest BCUT2D eigenvalue weighted by Gasteiger charge is 2.18. The lowest BCUT2D eigenvalue weighted by Gasteiger charge is -2.24. The molecule has 0 bridgehead atoms. The lowest BCUT2D eigenvalue weighted by Crippen LogP contribution is -2.12. The first-order valence-corrected chi connectivity index (χ1v) is 5.12. The lowest BCUT2D eigenvalue weighted by molar-refractivity contribution is 0.402. The van der Waals surface area contributed by atoms with Crippen molar-refractivity contribution in [2.24, 2.45) is 10.4 Å². The SMILES string of the molecule is C#CC(C)=N/C=C(\C)C(C)(C)CCC. The molecule has 0 aromatic carbocycles. The molecule has 0 aliphatic carbocycles. The Morgan fingerprint density at radius 1 is 1.43 bits per heavy atom. The van der Waals surface area contributed by atoms with Crippen LogP contribution >= 0.6 is 0 Å². The van der Waals surface area contributed by atoms with Crippen LogP contribution in [0.25, 0.3) is 0 Å². The summed E-state index contributed by atoms with van der Waals surface area (Å²) in [6, 6.07) is 0. The Hall–Kier alpha value is -1.03. The van der Waals surface area contributed by atoms with E-state index in [-0.39, 0.29) is 5.41 Å². The van der Waals surface area contributed by atoms with Gasteiger partial charge in [0, 0.05) is 6.20 Å². The fourth-order valence-electron chi connectivity index (χ4n) is 1.23. The van der Waals surface area contributed by atoms with Gasteiger partial charge < -0.3 is 0 Å². The Labute approximate surface area is 88.3 Å². The minimum absolute atomic E-state index is 0.229. The van der Waals surface area contributed by atoms with Crippen molar-refractivity contribution in [3.05, 3.63) is 11.8 Å². The predicted octanol–water partition coefficient (Wildman–Crippen LogP) is 3.81. The molecule has 0 unspecified atom stereocenters. The van der Waals surface area contributed by atoms with Crippen LogP contribution in [0.5, 0.6) is 0 Å². The second-order valence-electron chi connectivity index (χ2n) is 4.30. The van der Waals surface area contributed by atoms with E-state index in [1.54, 1.807) is 0 Å². The molecular formula is C13H21N. The van der Waals surface area contributed by atoms with Gasteiger partial charge in [0.15, 0.2) is 0 Å². The van der Waals surface area contributed by atoms with Crippen molar-refractivity contribution >= 4 is 5.71 Å². The Morgan fingerprint density at radius 3 is 2.43 bits per heavy atom. The molecule has 1 heteroatoms. The van der Waals surface area contributed by atoms with Gasteiger partial charge in [0.25, 0.3) is 0 Å². The zero-order valence-electron chi connectivity index (χ0n) is 10.0. The highest BCUT2D eigenvalue weighted by Crippen LogP contribution is 2.30. The Morgan fingerprint density at radius 2 is 2.00 bits per heavy atom. The smallest absolute Gasteiger partial charge is 0.0865 e. The monoisotopic (exact) mass is 191 g/mol. The molecule has 0 amide bonds. The van der Waals surface area contributed by atoms with Gasteiger partial charge in [-0.1, -0.05) is 33.1 Å². The molecule has 0 saturated heterocycles. The van der Waals surface area contributed by atoms with Gasteiger partial charge in [-0.15, -0.1) is 6.42 Å². The summed E-state index contributed by atoms with van der Waals surface area (Å²) in [5.41, 5.74) is 2.25. The third-order valence-corrected chi connectivity index (χ3v) is 2.60. The summed E-state index contributed by atoms with van der Waals surface area (Å²) in [5.74, 6) is 2.51. The number of allylic oxidation sites excluding steroid dienone is 1. The maximum Gasteiger partial charge on any atom is 0.0865 e. The average molecular weight is 191 g/mol. The van der Waals surface area contributed by atoms with Crippen LogP contribution in [0.1, 0.15) is 47.5 Å². The van der Waals surface area contributed by atoms with E-state index in [0.29, 0.717) is 0 Å². The van der Waals surface area contributed by atoms with E-state index in [2.05, 4.69) is 38.6 Å². The van der Waals surface area contributed by atoms with Crippen molar-refractivity contribution < 1.29 is 0 Å². The number of hydrogen-bond acceptors (Lipinski definition) is 1. The quantitative estimate of drug-likeness (QED) is 0.473. The highest BCUT2D eigenvalue weighted by molar-refractivity contribution is 5.98. The molecule has 0 aliphatic rings. The topological polar surface area (TPSA) is 12.4 Å². The largest absolute Gasteiger partial charge is 0.253 e. The van der Waals surface area contributed by atoms with Gasteiger partial charge in [-0.3, -0.25) is 4.99 Å². The minimum Gasteiger partial charge on any atom is -0.253 e. The molecule has 0 atom stereocenters. The summed E-state index contributed by atoms with van der Waals surface area (Å²) in [7, 11) is 0. The Kier molecular flexibility index (Phi) is 5.23. The van der Waals surface area contributed by atoms with Gasteiger partial charge in [-0.05, 0) is 31.3 Å². The molecule has 0 heterocycles. The second kappa shape index (κ2) is 5.65.